The Morgan fingerprint density at radius 2 is 2.11 bits per heavy atom. The summed E-state index contributed by atoms with van der Waals surface area (Å²) in [6.07, 6.45) is 0. The predicted molar refractivity (Wildman–Crippen MR) is 72.1 cm³/mol. The molecule has 0 aromatic carbocycles. The Bertz CT molecular complexity index is 506. The number of rotatable bonds is 4. The zero-order valence-electron chi connectivity index (χ0n) is 11.0. The first-order valence-electron chi connectivity index (χ1n) is 5.71. The largest absolute Gasteiger partial charge is 0.369 e. The van der Waals surface area contributed by atoms with Crippen molar-refractivity contribution in [3.8, 4) is 6.07 Å². The van der Waals surface area contributed by atoms with Crippen LogP contribution in [-0.4, -0.2) is 16.1 Å². The van der Waals surface area contributed by atoms with E-state index < -0.39 is 0 Å². The second-order valence-corrected chi connectivity index (χ2v) is 5.69. The molecule has 0 saturated heterocycles. The maximum absolute atomic E-state index is 11.4. The number of aromatic nitrogens is 1. The van der Waals surface area contributed by atoms with Gasteiger partial charge in [0, 0.05) is 5.69 Å². The monoisotopic (exact) mass is 263 g/mol. The van der Waals surface area contributed by atoms with Gasteiger partial charge in [-0.3, -0.25) is 4.79 Å². The SMILES string of the molecule is Cc1cc(C)c(C#N)c(S[C@H](C(N)=O)C(C)C)n1. The smallest absolute Gasteiger partial charge is 0.231 e. The normalized spacial score (nSPS) is 12.2. The fraction of sp³-hybridized carbons (Fsp3) is 0.462. The van der Waals surface area contributed by atoms with E-state index in [1.165, 1.54) is 11.8 Å². The highest BCUT2D eigenvalue weighted by Crippen LogP contribution is 2.30. The molecule has 4 nitrogen and oxygen atoms in total. The van der Waals surface area contributed by atoms with E-state index in [1.807, 2.05) is 33.8 Å². The van der Waals surface area contributed by atoms with Crippen molar-refractivity contribution in [3.63, 3.8) is 0 Å². The lowest BCUT2D eigenvalue weighted by molar-refractivity contribution is -0.118. The van der Waals surface area contributed by atoms with Crippen LogP contribution in [0.25, 0.3) is 0 Å². The zero-order valence-corrected chi connectivity index (χ0v) is 11.8. The van der Waals surface area contributed by atoms with Gasteiger partial charge in [-0.2, -0.15) is 5.26 Å². The zero-order chi connectivity index (χ0) is 13.9. The van der Waals surface area contributed by atoms with E-state index in [-0.39, 0.29) is 17.1 Å². The molecule has 0 fully saturated rings. The lowest BCUT2D eigenvalue weighted by Gasteiger charge is -2.17. The first kappa shape index (κ1) is 14.5. The number of nitrogens with zero attached hydrogens (tertiary/aromatic N) is 2. The second-order valence-electron chi connectivity index (χ2n) is 4.56. The molecule has 0 saturated carbocycles. The van der Waals surface area contributed by atoms with Crippen molar-refractivity contribution in [2.45, 2.75) is 38.0 Å². The summed E-state index contributed by atoms with van der Waals surface area (Å²) in [4.78, 5) is 15.7. The Kier molecular flexibility index (Phi) is 4.74. The van der Waals surface area contributed by atoms with E-state index in [1.54, 1.807) is 0 Å². The van der Waals surface area contributed by atoms with Gasteiger partial charge in [0.15, 0.2) is 0 Å². The highest BCUT2D eigenvalue weighted by molar-refractivity contribution is 8.00. The average molecular weight is 263 g/mol. The molecule has 1 amide bonds. The molecule has 1 aromatic rings. The van der Waals surface area contributed by atoms with Gasteiger partial charge in [0.1, 0.15) is 11.1 Å². The molecule has 5 heteroatoms. The van der Waals surface area contributed by atoms with Gasteiger partial charge in [0.05, 0.1) is 10.8 Å². The minimum atomic E-state index is -0.375. The molecule has 0 bridgehead atoms. The lowest BCUT2D eigenvalue weighted by atomic mass is 10.1. The summed E-state index contributed by atoms with van der Waals surface area (Å²) in [5.41, 5.74) is 7.62. The summed E-state index contributed by atoms with van der Waals surface area (Å²) in [5.74, 6) is -0.276. The molecule has 1 rings (SSSR count). The highest BCUT2D eigenvalue weighted by Gasteiger charge is 2.23. The number of thioether (sulfide) groups is 1. The molecule has 1 aromatic heterocycles. The predicted octanol–water partition coefficient (Wildman–Crippen LogP) is 2.17. The third-order valence-electron chi connectivity index (χ3n) is 2.55. The Morgan fingerprint density at radius 3 is 2.56 bits per heavy atom. The summed E-state index contributed by atoms with van der Waals surface area (Å²) in [6.45, 7) is 7.59. The number of hydrogen-bond acceptors (Lipinski definition) is 4. The third-order valence-corrected chi connectivity index (χ3v) is 4.10. The Labute approximate surface area is 112 Å². The topological polar surface area (TPSA) is 79.8 Å². The molecule has 0 unspecified atom stereocenters. The number of carbonyl (C=O) groups is 1. The van der Waals surface area contributed by atoms with E-state index >= 15 is 0 Å². The van der Waals surface area contributed by atoms with Crippen molar-refractivity contribution in [2.24, 2.45) is 11.7 Å². The van der Waals surface area contributed by atoms with Crippen LogP contribution < -0.4 is 5.73 Å². The lowest BCUT2D eigenvalue weighted by Crippen LogP contribution is -2.30. The van der Waals surface area contributed by atoms with Crippen LogP contribution in [0.3, 0.4) is 0 Å². The van der Waals surface area contributed by atoms with E-state index in [9.17, 15) is 4.79 Å². The van der Waals surface area contributed by atoms with E-state index in [0.717, 1.165) is 11.3 Å². The van der Waals surface area contributed by atoms with Crippen molar-refractivity contribution in [3.05, 3.63) is 22.9 Å². The second kappa shape index (κ2) is 5.87. The maximum Gasteiger partial charge on any atom is 0.231 e. The number of nitrogens with two attached hydrogens (primary N) is 1. The first-order chi connectivity index (χ1) is 8.36. The van der Waals surface area contributed by atoms with Crippen LogP contribution in [0, 0.1) is 31.1 Å². The molecule has 0 aliphatic carbocycles. The van der Waals surface area contributed by atoms with Gasteiger partial charge in [-0.25, -0.2) is 4.98 Å². The molecule has 1 heterocycles. The van der Waals surface area contributed by atoms with Gasteiger partial charge < -0.3 is 5.73 Å². The van der Waals surface area contributed by atoms with Crippen molar-refractivity contribution in [2.75, 3.05) is 0 Å². The summed E-state index contributed by atoms with van der Waals surface area (Å²) in [6, 6.07) is 4.00. The summed E-state index contributed by atoms with van der Waals surface area (Å²) in [5, 5.41) is 9.38. The van der Waals surface area contributed by atoms with Gasteiger partial charge in [-0.15, -0.1) is 0 Å². The van der Waals surface area contributed by atoms with Gasteiger partial charge in [0.2, 0.25) is 5.91 Å². The molecular weight excluding hydrogens is 246 g/mol. The Morgan fingerprint density at radius 1 is 1.50 bits per heavy atom. The summed E-state index contributed by atoms with van der Waals surface area (Å²) in [7, 11) is 0. The molecule has 18 heavy (non-hydrogen) atoms. The van der Waals surface area contributed by atoms with Crippen LogP contribution >= 0.6 is 11.8 Å². The number of carbonyl (C=O) groups excluding carboxylic acids is 1. The van der Waals surface area contributed by atoms with Crippen LogP contribution in [0.5, 0.6) is 0 Å². The molecule has 0 spiro atoms. The number of amides is 1. The van der Waals surface area contributed by atoms with Crippen molar-refractivity contribution >= 4 is 17.7 Å². The summed E-state index contributed by atoms with van der Waals surface area (Å²) >= 11 is 1.28. The number of hydrogen-bond donors (Lipinski definition) is 1. The minimum absolute atomic E-state index is 0.0988. The van der Waals surface area contributed by atoms with Gasteiger partial charge >= 0.3 is 0 Å². The average Bonchev–Trinajstić information content (AvgIpc) is 2.24. The molecule has 0 radical (unpaired) electrons. The molecule has 0 aliphatic heterocycles. The first-order valence-corrected chi connectivity index (χ1v) is 6.59. The number of aryl methyl sites for hydroxylation is 2. The highest BCUT2D eigenvalue weighted by atomic mass is 32.2. The van der Waals surface area contributed by atoms with Crippen molar-refractivity contribution in [1.29, 1.82) is 5.26 Å². The molecule has 0 aliphatic rings. The Balaban J connectivity index is 3.18. The number of primary amides is 1. The van der Waals surface area contributed by atoms with E-state index in [4.69, 9.17) is 11.0 Å². The van der Waals surface area contributed by atoms with Crippen LogP contribution in [0.4, 0.5) is 0 Å². The van der Waals surface area contributed by atoms with Crippen LogP contribution in [-0.2, 0) is 4.79 Å². The van der Waals surface area contributed by atoms with Crippen molar-refractivity contribution < 1.29 is 4.79 Å². The summed E-state index contributed by atoms with van der Waals surface area (Å²) < 4.78 is 0. The van der Waals surface area contributed by atoms with Gasteiger partial charge in [-0.05, 0) is 31.4 Å². The van der Waals surface area contributed by atoms with Crippen LogP contribution in [0.1, 0.15) is 30.7 Å². The fourth-order valence-electron chi connectivity index (χ4n) is 1.67. The molecule has 2 N–H and O–H groups in total. The quantitative estimate of drug-likeness (QED) is 0.844. The van der Waals surface area contributed by atoms with E-state index in [2.05, 4.69) is 11.1 Å². The third kappa shape index (κ3) is 3.23. The number of nitriles is 1. The minimum Gasteiger partial charge on any atom is -0.369 e. The fourth-order valence-corrected chi connectivity index (χ4v) is 2.82. The number of pyridine rings is 1. The van der Waals surface area contributed by atoms with Gasteiger partial charge in [-0.1, -0.05) is 25.6 Å². The van der Waals surface area contributed by atoms with Crippen LogP contribution in [0.2, 0.25) is 0 Å². The van der Waals surface area contributed by atoms with Crippen LogP contribution in [0.15, 0.2) is 11.1 Å². The Hall–Kier alpha value is -1.54. The maximum atomic E-state index is 11.4. The van der Waals surface area contributed by atoms with Gasteiger partial charge in [0.25, 0.3) is 0 Å². The molecular formula is C13H17N3OS. The van der Waals surface area contributed by atoms with E-state index in [0.29, 0.717) is 10.6 Å². The van der Waals surface area contributed by atoms with Crippen molar-refractivity contribution in [1.82, 2.24) is 4.98 Å². The molecule has 96 valence electrons. The standard InChI is InChI=1S/C13H17N3OS/c1-7(2)11(12(15)17)18-13-10(6-14)8(3)5-9(4)16-13/h5,7,11H,1-4H3,(H2,15,17)/t11-/m0/s1. The molecule has 1 atom stereocenters.